The van der Waals surface area contributed by atoms with Gasteiger partial charge in [-0.15, -0.1) is 68.0 Å². The molecule has 12 N–H and O–H groups in total. The number of carbonyl (C=O) groups is 7. The second-order valence-electron chi connectivity index (χ2n) is 20.0. The maximum atomic E-state index is 15.5. The van der Waals surface area contributed by atoms with Gasteiger partial charge in [0, 0.05) is 62.8 Å². The molecular formula is C56H51N15O10S6. The number of ether oxygens (including phenoxy) is 1. The summed E-state index contributed by atoms with van der Waals surface area (Å²) in [5.74, 6) is -4.91. The van der Waals surface area contributed by atoms with Gasteiger partial charge in [-0.3, -0.25) is 28.8 Å². The van der Waals surface area contributed by atoms with Crippen LogP contribution in [-0.2, 0) is 20.7 Å². The highest BCUT2D eigenvalue weighted by atomic mass is 32.1. The number of aromatic nitrogens is 7. The zero-order valence-corrected chi connectivity index (χ0v) is 50.6. The highest BCUT2D eigenvalue weighted by Crippen LogP contribution is 2.44. The minimum atomic E-state index is -1.43. The average Bonchev–Trinajstić information content (AvgIpc) is 1.86. The molecular weight excluding hydrogens is 1240 g/mol. The van der Waals surface area contributed by atoms with E-state index in [4.69, 9.17) is 41.9 Å². The minimum absolute atomic E-state index is 0.0248. The number of aromatic hydroxyl groups is 1. The molecule has 11 rings (SSSR count). The first-order chi connectivity index (χ1) is 41.9. The molecule has 25 nitrogen and oxygen atoms in total. The van der Waals surface area contributed by atoms with Gasteiger partial charge in [-0.1, -0.05) is 49.4 Å². The molecule has 87 heavy (non-hydrogen) atoms. The van der Waals surface area contributed by atoms with E-state index in [1.54, 1.807) is 72.3 Å². The summed E-state index contributed by atoms with van der Waals surface area (Å²) in [5.41, 5.74) is 19.7. The smallest absolute Gasteiger partial charge is 0.407 e. The second-order valence-corrected chi connectivity index (χ2v) is 25.6. The number of benzene rings is 2. The number of rotatable bonds is 11. The Morgan fingerprint density at radius 3 is 2.09 bits per heavy atom. The van der Waals surface area contributed by atoms with Crippen LogP contribution in [0.2, 0.25) is 0 Å². The van der Waals surface area contributed by atoms with Crippen molar-refractivity contribution in [3.05, 3.63) is 147 Å². The second kappa shape index (κ2) is 25.6. The number of alkyl carbamates (subject to hydrolysis) is 1. The number of amides is 7. The highest BCUT2D eigenvalue weighted by molar-refractivity contribution is 7.15. The number of nitrogens with one attached hydrogen (secondary N) is 4. The first-order valence-electron chi connectivity index (χ1n) is 26.6. The lowest BCUT2D eigenvalue weighted by molar-refractivity contribution is -0.134. The molecule has 0 aliphatic carbocycles. The van der Waals surface area contributed by atoms with Gasteiger partial charge in [0.2, 0.25) is 11.8 Å². The number of thiazole rings is 6. The van der Waals surface area contributed by atoms with Crippen LogP contribution in [0.25, 0.3) is 43.4 Å². The third-order valence-corrected chi connectivity index (χ3v) is 19.6. The van der Waals surface area contributed by atoms with E-state index >= 15 is 4.79 Å². The SMILES string of the molecule is Cc1sc2nc1C(=O)N[C@@H]([C@H](O)c1ccccc1)c1nc(cs1)C(=O)NC(Cc1ccc(O)cc1)C(=O)N1C[C@H](OC(=O)NCCN)[C@H](C)[C@H]1c1nc(cs1)-c1nc(cs1)-c1nc(-c3nc(C(N)=O)cs3)ccc1-c1nc(cs1)C(=O)N[C@H]2CC(N)=O. The molecule has 1 saturated heterocycles. The summed E-state index contributed by atoms with van der Waals surface area (Å²) in [6.07, 6.45) is -3.54. The van der Waals surface area contributed by atoms with Crippen LogP contribution in [0.3, 0.4) is 0 Å². The van der Waals surface area contributed by atoms with E-state index in [9.17, 15) is 39.0 Å². The maximum absolute atomic E-state index is 15.5. The molecule has 9 aromatic rings. The molecule has 9 heterocycles. The summed E-state index contributed by atoms with van der Waals surface area (Å²) in [5, 5.41) is 43.4. The number of aryl methyl sites for hydroxylation is 1. The normalized spacial score (nSPS) is 19.3. The van der Waals surface area contributed by atoms with Gasteiger partial charge in [0.05, 0.1) is 30.7 Å². The monoisotopic (exact) mass is 1290 g/mol. The lowest BCUT2D eigenvalue weighted by Gasteiger charge is -2.29. The predicted molar refractivity (Wildman–Crippen MR) is 326 cm³/mol. The largest absolute Gasteiger partial charge is 0.508 e. The first-order valence-corrected chi connectivity index (χ1v) is 31.8. The molecule has 10 bridgehead atoms. The van der Waals surface area contributed by atoms with Crippen LogP contribution in [0.15, 0.2) is 93.6 Å². The van der Waals surface area contributed by atoms with E-state index in [1.165, 1.54) is 55.8 Å². The fourth-order valence-electron chi connectivity index (χ4n) is 9.79. The zero-order chi connectivity index (χ0) is 61.2. The van der Waals surface area contributed by atoms with Gasteiger partial charge in [0.25, 0.3) is 23.6 Å². The molecule has 31 heteroatoms. The minimum Gasteiger partial charge on any atom is -0.508 e. The van der Waals surface area contributed by atoms with E-state index in [0.717, 1.165) is 45.3 Å². The van der Waals surface area contributed by atoms with Crippen LogP contribution in [0.1, 0.15) is 111 Å². The van der Waals surface area contributed by atoms with Crippen LogP contribution in [0.4, 0.5) is 4.79 Å². The van der Waals surface area contributed by atoms with Crippen molar-refractivity contribution in [1.29, 1.82) is 0 Å². The number of hydrogen-bond donors (Lipinski definition) is 9. The Bertz CT molecular complexity index is 4090. The molecule has 0 radical (unpaired) electrons. The van der Waals surface area contributed by atoms with Gasteiger partial charge in [0.15, 0.2) is 0 Å². The van der Waals surface area contributed by atoms with E-state index < -0.39 is 90.3 Å². The Kier molecular flexibility index (Phi) is 17.6. The topological polar surface area (TPSA) is 389 Å². The van der Waals surface area contributed by atoms with Gasteiger partial charge in [-0.25, -0.2) is 39.7 Å². The molecule has 1 unspecified atom stereocenters. The van der Waals surface area contributed by atoms with E-state index in [0.29, 0.717) is 64.4 Å². The number of primary amides is 2. The molecule has 7 aromatic heterocycles. The standard InChI is InChI=1S/C56H51N15O10S6/c1-24-38(81-56(80)60-15-14-57)18-71-43(24)54-68-37(23-86-54)51-64-33(19-83-51)41-29(12-13-30(61-41)50-65-34(20-84-50)45(59)75)49-66-35(21-82-49)46(76)62-31(17-39(58)73)52-70-40(25(2)87-52)48(78)69-42(44(74)27-6-4-3-5-7-27)53-67-36(22-85-53)47(77)63-32(55(71)79)16-26-8-10-28(72)11-9-26/h3-13,19-24,31-32,38,42-44,72,74H,14-18,57H2,1-2H3,(H2,58,73)(H2,59,75)(H,60,80)(H,62,76)(H,63,77)(H,69,78)/t24-,31-,32?,38-,42-,43-,44+/m0/s1. The van der Waals surface area contributed by atoms with Crippen LogP contribution in [-0.4, -0.2) is 123 Å². The van der Waals surface area contributed by atoms with Gasteiger partial charge < -0.3 is 58.3 Å². The molecule has 2 aromatic carbocycles. The number of aliphatic hydroxyl groups is 1. The molecule has 2 aliphatic heterocycles. The number of hydrogen-bond acceptors (Lipinski definition) is 24. The number of pyridine rings is 1. The van der Waals surface area contributed by atoms with Crippen molar-refractivity contribution in [1.82, 2.24) is 61.1 Å². The number of fused-ring (bicyclic) bond motifs is 16. The Morgan fingerprint density at radius 1 is 0.701 bits per heavy atom. The fraction of sp³-hybridized carbons (Fsp3) is 0.250. The van der Waals surface area contributed by atoms with Gasteiger partial charge >= 0.3 is 6.09 Å². The number of nitrogens with zero attached hydrogens (tertiary/aromatic N) is 8. The lowest BCUT2D eigenvalue weighted by atomic mass is 10.00. The fourth-order valence-corrected chi connectivity index (χ4v) is 15.1. The van der Waals surface area contributed by atoms with Crippen molar-refractivity contribution < 1.29 is 48.5 Å². The van der Waals surface area contributed by atoms with Gasteiger partial charge in [0.1, 0.15) is 99.9 Å². The third-order valence-electron chi connectivity index (χ3n) is 14.1. The average molecular weight is 1290 g/mol. The van der Waals surface area contributed by atoms with Crippen molar-refractivity contribution in [2.45, 2.75) is 63.1 Å². The Balaban J connectivity index is 1.03. The van der Waals surface area contributed by atoms with Crippen molar-refractivity contribution >= 4 is 110 Å². The number of aliphatic hydroxyl groups excluding tert-OH is 1. The Labute approximate surface area is 518 Å². The van der Waals surface area contributed by atoms with Crippen LogP contribution in [0.5, 0.6) is 5.75 Å². The number of phenolic OH excluding ortho intramolecular Hbond substituents is 1. The van der Waals surface area contributed by atoms with E-state index in [1.807, 2.05) is 6.92 Å². The Hall–Kier alpha value is -8.82. The first kappa shape index (κ1) is 59.9. The molecule has 0 saturated carbocycles. The van der Waals surface area contributed by atoms with E-state index in [2.05, 4.69) is 36.2 Å². The molecule has 2 aliphatic rings. The molecule has 1 fully saturated rings. The predicted octanol–water partition coefficient (Wildman–Crippen LogP) is 6.08. The summed E-state index contributed by atoms with van der Waals surface area (Å²) < 4.78 is 5.95. The zero-order valence-electron chi connectivity index (χ0n) is 45.7. The summed E-state index contributed by atoms with van der Waals surface area (Å²) in [4.78, 5) is 132. The maximum Gasteiger partial charge on any atom is 0.407 e. The quantitative estimate of drug-likeness (QED) is 0.0708. The third kappa shape index (κ3) is 13.0. The lowest BCUT2D eigenvalue weighted by Crippen LogP contribution is -2.50. The van der Waals surface area contributed by atoms with Crippen molar-refractivity contribution in [2.24, 2.45) is 23.1 Å². The van der Waals surface area contributed by atoms with Gasteiger partial charge in [-0.2, -0.15) is 0 Å². The van der Waals surface area contributed by atoms with Crippen LogP contribution >= 0.6 is 68.0 Å². The number of phenols is 1. The number of carbonyl (C=O) groups excluding carboxylic acids is 7. The molecule has 446 valence electrons. The summed E-state index contributed by atoms with van der Waals surface area (Å²) in [7, 11) is 0. The van der Waals surface area contributed by atoms with Crippen molar-refractivity contribution in [2.75, 3.05) is 19.6 Å². The highest BCUT2D eigenvalue weighted by Gasteiger charge is 2.48. The van der Waals surface area contributed by atoms with Crippen molar-refractivity contribution in [3.8, 4) is 49.1 Å². The molecule has 7 atom stereocenters. The molecule has 7 amide bonds. The van der Waals surface area contributed by atoms with Crippen molar-refractivity contribution in [3.63, 3.8) is 0 Å². The van der Waals surface area contributed by atoms with Gasteiger partial charge in [-0.05, 0) is 42.3 Å². The van der Waals surface area contributed by atoms with Crippen LogP contribution < -0.4 is 38.5 Å². The van der Waals surface area contributed by atoms with Crippen LogP contribution in [0, 0.1) is 12.8 Å². The summed E-state index contributed by atoms with van der Waals surface area (Å²) in [6.45, 7) is 3.61. The number of nitrogens with two attached hydrogens (primary N) is 3. The summed E-state index contributed by atoms with van der Waals surface area (Å²) >= 11 is 6.79. The van der Waals surface area contributed by atoms with E-state index in [-0.39, 0.29) is 64.6 Å². The summed E-state index contributed by atoms with van der Waals surface area (Å²) in [6, 6.07) is 13.5. The Morgan fingerprint density at radius 2 is 1.36 bits per heavy atom. The molecule has 0 spiro atoms.